The van der Waals surface area contributed by atoms with E-state index in [0.717, 1.165) is 22.7 Å². The molecule has 116 valence electrons. The minimum absolute atomic E-state index is 0. The summed E-state index contributed by atoms with van der Waals surface area (Å²) in [5, 5.41) is 5.64. The third-order valence-corrected chi connectivity index (χ3v) is 3.88. The molecule has 1 atom stereocenters. The first-order chi connectivity index (χ1) is 9.60. The van der Waals surface area contributed by atoms with E-state index in [4.69, 9.17) is 5.73 Å². The molecule has 0 spiro atoms. The molecule has 1 aliphatic rings. The number of aryl methyl sites for hydroxylation is 1. The Morgan fingerprint density at radius 1 is 1.48 bits per heavy atom. The first-order valence-electron chi connectivity index (χ1n) is 6.58. The number of benzene rings is 1. The lowest BCUT2D eigenvalue weighted by molar-refractivity contribution is -0.117. The van der Waals surface area contributed by atoms with Gasteiger partial charge in [-0.3, -0.25) is 9.59 Å². The van der Waals surface area contributed by atoms with E-state index >= 15 is 0 Å². The molecule has 2 amide bonds. The van der Waals surface area contributed by atoms with Crippen molar-refractivity contribution < 1.29 is 9.59 Å². The summed E-state index contributed by atoms with van der Waals surface area (Å²) in [6, 6.07) is 5.01. The van der Waals surface area contributed by atoms with Gasteiger partial charge in [0, 0.05) is 17.8 Å². The number of carbonyl (C=O) groups is 2. The summed E-state index contributed by atoms with van der Waals surface area (Å²) >= 11 is 1.67. The normalized spacial score (nSPS) is 14.5. The van der Waals surface area contributed by atoms with Crippen molar-refractivity contribution in [3.05, 3.63) is 23.8 Å². The monoisotopic (exact) mass is 329 g/mol. The number of thioether (sulfide) groups is 1. The molecule has 0 aliphatic carbocycles. The summed E-state index contributed by atoms with van der Waals surface area (Å²) in [5.41, 5.74) is 8.42. The SMILES string of the molecule is CSCC[C@H](N)C(=O)Nc1ccc2c(c1)CCC(=O)N2.Cl. The minimum atomic E-state index is -0.488. The van der Waals surface area contributed by atoms with Gasteiger partial charge in [-0.25, -0.2) is 0 Å². The van der Waals surface area contributed by atoms with E-state index in [0.29, 0.717) is 19.3 Å². The predicted molar refractivity (Wildman–Crippen MR) is 90.2 cm³/mol. The second-order valence-corrected chi connectivity index (χ2v) is 5.78. The van der Waals surface area contributed by atoms with Crippen LogP contribution in [0, 0.1) is 0 Å². The molecule has 21 heavy (non-hydrogen) atoms. The summed E-state index contributed by atoms with van der Waals surface area (Å²) < 4.78 is 0. The van der Waals surface area contributed by atoms with Crippen LogP contribution in [0.5, 0.6) is 0 Å². The maximum atomic E-state index is 11.9. The topological polar surface area (TPSA) is 84.2 Å². The molecule has 0 saturated heterocycles. The van der Waals surface area contributed by atoms with Gasteiger partial charge in [0.25, 0.3) is 0 Å². The van der Waals surface area contributed by atoms with Crippen molar-refractivity contribution >= 4 is 47.4 Å². The van der Waals surface area contributed by atoms with Gasteiger partial charge in [0.15, 0.2) is 0 Å². The molecule has 0 aromatic heterocycles. The van der Waals surface area contributed by atoms with Crippen LogP contribution in [0.25, 0.3) is 0 Å². The fraction of sp³-hybridized carbons (Fsp3) is 0.429. The van der Waals surface area contributed by atoms with Gasteiger partial charge in [-0.1, -0.05) is 0 Å². The summed E-state index contributed by atoms with van der Waals surface area (Å²) in [5.74, 6) is 0.734. The lowest BCUT2D eigenvalue weighted by atomic mass is 10.0. The van der Waals surface area contributed by atoms with Crippen molar-refractivity contribution in [2.24, 2.45) is 5.73 Å². The van der Waals surface area contributed by atoms with Crippen LogP contribution in [0.3, 0.4) is 0 Å². The molecule has 1 heterocycles. The average molecular weight is 330 g/mol. The Morgan fingerprint density at radius 2 is 2.24 bits per heavy atom. The molecule has 1 aromatic rings. The Labute approximate surface area is 134 Å². The highest BCUT2D eigenvalue weighted by Gasteiger charge is 2.17. The molecule has 5 nitrogen and oxygen atoms in total. The van der Waals surface area contributed by atoms with E-state index in [2.05, 4.69) is 10.6 Å². The standard InChI is InChI=1S/C14H19N3O2S.ClH/c1-20-7-6-11(15)14(19)16-10-3-4-12-9(8-10)2-5-13(18)17-12;/h3-4,8,11H,2,5-7,15H2,1H3,(H,16,19)(H,17,18);1H/t11-;/m0./s1. The van der Waals surface area contributed by atoms with Crippen LogP contribution in [0.2, 0.25) is 0 Å². The minimum Gasteiger partial charge on any atom is -0.326 e. The molecule has 1 aromatic carbocycles. The number of hydrogen-bond acceptors (Lipinski definition) is 4. The van der Waals surface area contributed by atoms with E-state index in [-0.39, 0.29) is 24.2 Å². The van der Waals surface area contributed by atoms with Gasteiger partial charge >= 0.3 is 0 Å². The Balaban J connectivity index is 0.00000220. The number of rotatable bonds is 5. The van der Waals surface area contributed by atoms with Crippen LogP contribution in [0.1, 0.15) is 18.4 Å². The van der Waals surface area contributed by atoms with Gasteiger partial charge in [-0.15, -0.1) is 12.4 Å². The largest absolute Gasteiger partial charge is 0.326 e. The average Bonchev–Trinajstić information content (AvgIpc) is 2.44. The first kappa shape index (κ1) is 17.8. The Hall–Kier alpha value is -1.24. The lowest BCUT2D eigenvalue weighted by Crippen LogP contribution is -2.36. The van der Waals surface area contributed by atoms with Crippen LogP contribution in [-0.2, 0) is 16.0 Å². The molecular formula is C14H20ClN3O2S. The zero-order valence-electron chi connectivity index (χ0n) is 11.8. The maximum Gasteiger partial charge on any atom is 0.241 e. The second kappa shape index (κ2) is 8.26. The van der Waals surface area contributed by atoms with Crippen LogP contribution in [-0.4, -0.2) is 29.9 Å². The van der Waals surface area contributed by atoms with Gasteiger partial charge in [0.05, 0.1) is 6.04 Å². The Bertz CT molecular complexity index is 525. The molecule has 2 rings (SSSR count). The first-order valence-corrected chi connectivity index (χ1v) is 7.97. The Kier molecular flexibility index (Phi) is 7.01. The van der Waals surface area contributed by atoms with Crippen LogP contribution in [0.15, 0.2) is 18.2 Å². The number of carbonyl (C=O) groups excluding carboxylic acids is 2. The fourth-order valence-electron chi connectivity index (χ4n) is 2.07. The van der Waals surface area contributed by atoms with Crippen LogP contribution < -0.4 is 16.4 Å². The maximum absolute atomic E-state index is 11.9. The van der Waals surface area contributed by atoms with Gasteiger partial charge in [0.2, 0.25) is 11.8 Å². The zero-order chi connectivity index (χ0) is 14.5. The van der Waals surface area contributed by atoms with E-state index < -0.39 is 6.04 Å². The van der Waals surface area contributed by atoms with E-state index in [9.17, 15) is 9.59 Å². The number of halogens is 1. The van der Waals surface area contributed by atoms with Gasteiger partial charge in [-0.05, 0) is 48.6 Å². The number of nitrogens with one attached hydrogen (secondary N) is 2. The van der Waals surface area contributed by atoms with Crippen LogP contribution >= 0.6 is 24.2 Å². The fourth-order valence-corrected chi connectivity index (χ4v) is 2.56. The number of amides is 2. The van der Waals surface area contributed by atoms with Crippen molar-refractivity contribution in [1.29, 1.82) is 0 Å². The third-order valence-electron chi connectivity index (χ3n) is 3.24. The summed E-state index contributed by atoms with van der Waals surface area (Å²) in [7, 11) is 0. The zero-order valence-corrected chi connectivity index (χ0v) is 13.5. The predicted octanol–water partition coefficient (Wildman–Crippen LogP) is 2.01. The summed E-state index contributed by atoms with van der Waals surface area (Å²) in [6.07, 6.45) is 3.83. The molecule has 0 bridgehead atoms. The molecule has 0 radical (unpaired) electrons. The molecule has 0 unspecified atom stereocenters. The quantitative estimate of drug-likeness (QED) is 0.771. The van der Waals surface area contributed by atoms with Gasteiger partial charge in [0.1, 0.15) is 0 Å². The van der Waals surface area contributed by atoms with E-state index in [1.165, 1.54) is 0 Å². The highest BCUT2D eigenvalue weighted by molar-refractivity contribution is 7.98. The number of hydrogen-bond donors (Lipinski definition) is 3. The lowest BCUT2D eigenvalue weighted by Gasteiger charge is -2.18. The van der Waals surface area contributed by atoms with Crippen molar-refractivity contribution in [3.8, 4) is 0 Å². The molecule has 1 aliphatic heterocycles. The van der Waals surface area contributed by atoms with Gasteiger partial charge < -0.3 is 16.4 Å². The molecular weight excluding hydrogens is 310 g/mol. The van der Waals surface area contributed by atoms with Crippen molar-refractivity contribution in [2.75, 3.05) is 22.6 Å². The summed E-state index contributed by atoms with van der Waals surface area (Å²) in [4.78, 5) is 23.2. The third kappa shape index (κ3) is 4.91. The Morgan fingerprint density at radius 3 is 2.95 bits per heavy atom. The highest BCUT2D eigenvalue weighted by atomic mass is 35.5. The van der Waals surface area contributed by atoms with E-state index in [1.807, 2.05) is 18.4 Å². The van der Waals surface area contributed by atoms with Crippen molar-refractivity contribution in [1.82, 2.24) is 0 Å². The second-order valence-electron chi connectivity index (χ2n) is 4.80. The molecule has 0 fully saturated rings. The van der Waals surface area contributed by atoms with Crippen LogP contribution in [0.4, 0.5) is 11.4 Å². The number of fused-ring (bicyclic) bond motifs is 1. The van der Waals surface area contributed by atoms with Crippen molar-refractivity contribution in [2.45, 2.75) is 25.3 Å². The number of anilines is 2. The smallest absolute Gasteiger partial charge is 0.241 e. The van der Waals surface area contributed by atoms with Gasteiger partial charge in [-0.2, -0.15) is 11.8 Å². The highest BCUT2D eigenvalue weighted by Crippen LogP contribution is 2.25. The van der Waals surface area contributed by atoms with Crippen molar-refractivity contribution in [3.63, 3.8) is 0 Å². The number of nitrogens with two attached hydrogens (primary N) is 1. The molecule has 7 heteroatoms. The van der Waals surface area contributed by atoms with E-state index in [1.54, 1.807) is 17.8 Å². The molecule has 4 N–H and O–H groups in total. The molecule has 0 saturated carbocycles. The summed E-state index contributed by atoms with van der Waals surface area (Å²) in [6.45, 7) is 0.